The van der Waals surface area contributed by atoms with Crippen molar-refractivity contribution in [2.75, 3.05) is 5.32 Å². The smallest absolute Gasteiger partial charge is 0.411 e. The van der Waals surface area contributed by atoms with Crippen LogP contribution in [0.1, 0.15) is 13.8 Å². The molecule has 198 valence electrons. The van der Waals surface area contributed by atoms with Crippen molar-refractivity contribution in [2.24, 2.45) is 7.05 Å². The zero-order valence-electron chi connectivity index (χ0n) is 20.2. The molecule has 0 aliphatic rings. The molecule has 0 aliphatic heterocycles. The third-order valence-electron chi connectivity index (χ3n) is 5.28. The van der Waals surface area contributed by atoms with Gasteiger partial charge in [-0.15, -0.1) is 0 Å². The fourth-order valence-corrected chi connectivity index (χ4v) is 5.12. The van der Waals surface area contributed by atoms with Crippen LogP contribution in [0.4, 0.5) is 28.0 Å². The fourth-order valence-electron chi connectivity index (χ4n) is 3.68. The highest BCUT2D eigenvalue weighted by molar-refractivity contribution is 7.91. The first-order chi connectivity index (χ1) is 17.9. The maximum Gasteiger partial charge on any atom is 0.411 e. The van der Waals surface area contributed by atoms with Crippen molar-refractivity contribution in [1.29, 1.82) is 0 Å². The number of carbonyl (C=O) groups excluding carboxylic acids is 1. The zero-order chi connectivity index (χ0) is 27.8. The van der Waals surface area contributed by atoms with Crippen molar-refractivity contribution < 1.29 is 35.5 Å². The van der Waals surface area contributed by atoms with Crippen LogP contribution < -0.4 is 5.32 Å². The van der Waals surface area contributed by atoms with Gasteiger partial charge in [-0.25, -0.2) is 30.8 Å². The van der Waals surface area contributed by atoms with E-state index in [1.54, 1.807) is 0 Å². The number of nitrogens with one attached hydrogen (secondary N) is 1. The van der Waals surface area contributed by atoms with Crippen LogP contribution in [0.5, 0.6) is 0 Å². The molecule has 0 atom stereocenters. The summed E-state index contributed by atoms with van der Waals surface area (Å²) in [4.78, 5) is 13.8. The van der Waals surface area contributed by atoms with Gasteiger partial charge in [-0.05, 0) is 55.8 Å². The van der Waals surface area contributed by atoms with Crippen molar-refractivity contribution in [3.05, 3.63) is 78.3 Å². The predicted octanol–water partition coefficient (Wildman–Crippen LogP) is 5.50. The molecule has 0 unspecified atom stereocenters. The number of aryl methyl sites for hydroxylation is 1. The van der Waals surface area contributed by atoms with E-state index in [1.165, 1.54) is 56.3 Å². The highest BCUT2D eigenvalue weighted by Gasteiger charge is 2.33. The minimum Gasteiger partial charge on any atom is -0.447 e. The molecule has 2 aromatic carbocycles. The van der Waals surface area contributed by atoms with Gasteiger partial charge >= 0.3 is 6.09 Å². The minimum atomic E-state index is -5.12. The number of sulfone groups is 1. The van der Waals surface area contributed by atoms with Crippen LogP contribution >= 0.6 is 0 Å². The van der Waals surface area contributed by atoms with Gasteiger partial charge in [0.25, 0.3) is 0 Å². The van der Waals surface area contributed by atoms with E-state index >= 15 is 8.78 Å². The number of amides is 1. The van der Waals surface area contributed by atoms with E-state index in [0.717, 1.165) is 0 Å². The van der Waals surface area contributed by atoms with E-state index in [2.05, 4.69) is 15.4 Å². The molecule has 1 amide bonds. The van der Waals surface area contributed by atoms with Crippen molar-refractivity contribution in [1.82, 2.24) is 14.8 Å². The molecule has 0 saturated heterocycles. The van der Waals surface area contributed by atoms with E-state index in [4.69, 9.17) is 4.74 Å². The summed E-state index contributed by atoms with van der Waals surface area (Å²) < 4.78 is 93.1. The lowest BCUT2D eigenvalue weighted by molar-refractivity contribution is 0.130. The second-order valence-electron chi connectivity index (χ2n) is 8.38. The number of nitrogens with zero attached hydrogens (tertiary/aromatic N) is 3. The number of ether oxygens (including phenoxy) is 1. The number of pyridine rings is 1. The average Bonchev–Trinajstić information content (AvgIpc) is 3.23. The number of rotatable bonds is 6. The molecule has 4 rings (SSSR count). The summed E-state index contributed by atoms with van der Waals surface area (Å²) in [6.45, 7) is 3.03. The molecule has 0 spiro atoms. The lowest BCUT2D eigenvalue weighted by Gasteiger charge is -2.16. The maximum atomic E-state index is 16.0. The van der Waals surface area contributed by atoms with Gasteiger partial charge < -0.3 is 4.74 Å². The molecule has 38 heavy (non-hydrogen) atoms. The van der Waals surface area contributed by atoms with E-state index in [1.807, 2.05) is 0 Å². The van der Waals surface area contributed by atoms with E-state index in [9.17, 15) is 22.0 Å². The molecule has 2 aromatic heterocycles. The second-order valence-corrected chi connectivity index (χ2v) is 10.3. The van der Waals surface area contributed by atoms with Crippen LogP contribution in [0.25, 0.3) is 22.4 Å². The predicted molar refractivity (Wildman–Crippen MR) is 129 cm³/mol. The van der Waals surface area contributed by atoms with Gasteiger partial charge in [0, 0.05) is 31.2 Å². The van der Waals surface area contributed by atoms with Crippen molar-refractivity contribution in [3.63, 3.8) is 0 Å². The summed E-state index contributed by atoms with van der Waals surface area (Å²) in [5.74, 6) is -5.45. The van der Waals surface area contributed by atoms with Gasteiger partial charge in [0.15, 0.2) is 11.6 Å². The third kappa shape index (κ3) is 5.09. The van der Waals surface area contributed by atoms with Gasteiger partial charge in [-0.1, -0.05) is 0 Å². The monoisotopic (exact) mass is 548 g/mol. The first-order valence-electron chi connectivity index (χ1n) is 11.0. The highest BCUT2D eigenvalue weighted by Crippen LogP contribution is 2.40. The van der Waals surface area contributed by atoms with E-state index in [-0.39, 0.29) is 11.3 Å². The molecule has 0 aliphatic carbocycles. The summed E-state index contributed by atoms with van der Waals surface area (Å²) in [7, 11) is -3.64. The molecular weight excluding hydrogens is 528 g/mol. The van der Waals surface area contributed by atoms with Gasteiger partial charge in [0.05, 0.1) is 17.4 Å². The average molecular weight is 549 g/mol. The Morgan fingerprint density at radius 3 is 2.34 bits per heavy atom. The van der Waals surface area contributed by atoms with Gasteiger partial charge in [-0.3, -0.25) is 15.0 Å². The van der Waals surface area contributed by atoms with Crippen LogP contribution in [0.3, 0.4) is 0 Å². The molecule has 0 fully saturated rings. The molecule has 4 aromatic rings. The van der Waals surface area contributed by atoms with Crippen LogP contribution in [-0.2, 0) is 21.6 Å². The maximum absolute atomic E-state index is 16.0. The largest absolute Gasteiger partial charge is 0.447 e. The lowest BCUT2D eigenvalue weighted by Crippen LogP contribution is -2.20. The summed E-state index contributed by atoms with van der Waals surface area (Å²) in [5.41, 5.74) is -1.37. The molecule has 0 bridgehead atoms. The Morgan fingerprint density at radius 1 is 1.00 bits per heavy atom. The number of carbonyl (C=O) groups is 1. The number of aromatic nitrogens is 3. The van der Waals surface area contributed by atoms with Gasteiger partial charge in [0.2, 0.25) is 9.84 Å². The quantitative estimate of drug-likeness (QED) is 0.252. The Bertz CT molecular complexity index is 1640. The SMILES string of the molecule is CC(C)OC(=O)Nc1cc(S(=O)(=O)c2cc(F)ccc2F)c(F)c(-c2nn(C)cc2-c2ccncc2)c1F. The van der Waals surface area contributed by atoms with Crippen molar-refractivity contribution in [2.45, 2.75) is 29.7 Å². The number of hydrogen-bond donors (Lipinski definition) is 1. The van der Waals surface area contributed by atoms with Crippen LogP contribution in [0, 0.1) is 23.3 Å². The topological polar surface area (TPSA) is 103 Å². The summed E-state index contributed by atoms with van der Waals surface area (Å²) in [6.07, 6.45) is 2.52. The zero-order valence-corrected chi connectivity index (χ0v) is 21.0. The Hall–Kier alpha value is -4.26. The van der Waals surface area contributed by atoms with Crippen molar-refractivity contribution >= 4 is 21.6 Å². The van der Waals surface area contributed by atoms with Crippen LogP contribution in [-0.4, -0.2) is 35.4 Å². The van der Waals surface area contributed by atoms with E-state index in [0.29, 0.717) is 29.8 Å². The first kappa shape index (κ1) is 26.8. The molecule has 1 N–H and O–H groups in total. The Kier molecular flexibility index (Phi) is 7.22. The lowest BCUT2D eigenvalue weighted by atomic mass is 10.0. The molecule has 8 nitrogen and oxygen atoms in total. The second kappa shape index (κ2) is 10.2. The first-order valence-corrected chi connectivity index (χ1v) is 12.5. The molecular formula is C25H20F4N4O4S. The Balaban J connectivity index is 2.03. The van der Waals surface area contributed by atoms with Gasteiger partial charge in [-0.2, -0.15) is 5.10 Å². The molecule has 13 heteroatoms. The van der Waals surface area contributed by atoms with Crippen LogP contribution in [0.2, 0.25) is 0 Å². The van der Waals surface area contributed by atoms with Gasteiger partial charge in [0.1, 0.15) is 27.1 Å². The number of benzene rings is 2. The molecule has 2 heterocycles. The Labute approximate surface area is 214 Å². The number of hydrogen-bond acceptors (Lipinski definition) is 6. The van der Waals surface area contributed by atoms with E-state index < -0.39 is 66.3 Å². The summed E-state index contributed by atoms with van der Waals surface area (Å²) in [6, 6.07) is 5.17. The normalized spacial score (nSPS) is 11.6. The summed E-state index contributed by atoms with van der Waals surface area (Å²) in [5, 5.41) is 6.17. The number of halogens is 4. The summed E-state index contributed by atoms with van der Waals surface area (Å²) >= 11 is 0. The number of anilines is 1. The van der Waals surface area contributed by atoms with Crippen molar-refractivity contribution in [3.8, 4) is 22.4 Å². The molecule has 0 radical (unpaired) electrons. The third-order valence-corrected chi connectivity index (χ3v) is 7.04. The fraction of sp³-hybridized carbons (Fsp3) is 0.160. The molecule has 0 saturated carbocycles. The standard InChI is InChI=1S/C25H20F4N4O4S/c1-13(2)37-25(34)31-18-11-20(38(35,36)19-10-15(26)4-5-17(19)27)23(29)21(22(18)28)24-16(12-33(3)32-24)14-6-8-30-9-7-14/h4-13H,1-3H3,(H,31,34). The Morgan fingerprint density at radius 2 is 1.68 bits per heavy atom. The highest BCUT2D eigenvalue weighted by atomic mass is 32.2. The minimum absolute atomic E-state index is 0.204. The van der Waals surface area contributed by atoms with Crippen LogP contribution in [0.15, 0.2) is 64.8 Å².